The summed E-state index contributed by atoms with van der Waals surface area (Å²) >= 11 is 5.80. The molecule has 0 heterocycles. The SMILES string of the molecule is OB(O)c1ccc(COc2cccc(Cl)c2)c(F)c1. The average Bonchev–Trinajstić information content (AvgIpc) is 2.37. The molecule has 98 valence electrons. The highest BCUT2D eigenvalue weighted by atomic mass is 35.5. The first-order chi connectivity index (χ1) is 9.06. The predicted octanol–water partition coefficient (Wildman–Crippen LogP) is 1.74. The molecule has 0 unspecified atom stereocenters. The first kappa shape index (κ1) is 13.9. The lowest BCUT2D eigenvalue weighted by Gasteiger charge is -2.08. The van der Waals surface area contributed by atoms with Gasteiger partial charge in [-0.1, -0.05) is 29.8 Å². The molecule has 19 heavy (non-hydrogen) atoms. The standard InChI is InChI=1S/C13H11BClFO3/c15-11-2-1-3-12(7-11)19-8-9-4-5-10(14(17)18)6-13(9)16/h1-7,17-18H,8H2. The Labute approximate surface area is 115 Å². The molecule has 0 aliphatic rings. The van der Waals surface area contributed by atoms with Crippen LogP contribution >= 0.6 is 11.6 Å². The normalized spacial score (nSPS) is 10.3. The van der Waals surface area contributed by atoms with Crippen LogP contribution in [0.5, 0.6) is 5.75 Å². The second kappa shape index (κ2) is 6.06. The molecule has 0 aromatic heterocycles. The van der Waals surface area contributed by atoms with Crippen LogP contribution in [0.15, 0.2) is 42.5 Å². The highest BCUT2D eigenvalue weighted by molar-refractivity contribution is 6.58. The van der Waals surface area contributed by atoms with Crippen LogP contribution in [-0.2, 0) is 6.61 Å². The molecule has 0 saturated heterocycles. The van der Waals surface area contributed by atoms with E-state index in [0.717, 1.165) is 6.07 Å². The van der Waals surface area contributed by atoms with E-state index in [1.165, 1.54) is 12.1 Å². The van der Waals surface area contributed by atoms with Crippen molar-refractivity contribution in [1.29, 1.82) is 0 Å². The summed E-state index contributed by atoms with van der Waals surface area (Å²) in [7, 11) is -1.68. The van der Waals surface area contributed by atoms with Gasteiger partial charge in [-0.15, -0.1) is 0 Å². The summed E-state index contributed by atoms with van der Waals surface area (Å²) in [4.78, 5) is 0. The molecule has 0 atom stereocenters. The Hall–Kier alpha value is -1.56. The zero-order chi connectivity index (χ0) is 13.8. The largest absolute Gasteiger partial charge is 0.489 e. The summed E-state index contributed by atoms with van der Waals surface area (Å²) in [5, 5.41) is 18.4. The topological polar surface area (TPSA) is 49.7 Å². The van der Waals surface area contributed by atoms with Crippen LogP contribution in [0.1, 0.15) is 5.56 Å². The Bertz CT molecular complexity index is 578. The van der Waals surface area contributed by atoms with Crippen LogP contribution in [0.2, 0.25) is 5.02 Å². The average molecular weight is 280 g/mol. The van der Waals surface area contributed by atoms with Gasteiger partial charge in [0, 0.05) is 10.6 Å². The van der Waals surface area contributed by atoms with E-state index < -0.39 is 12.9 Å². The van der Waals surface area contributed by atoms with Gasteiger partial charge in [-0.05, 0) is 29.7 Å². The molecule has 0 radical (unpaired) electrons. The Balaban J connectivity index is 2.07. The lowest BCUT2D eigenvalue weighted by atomic mass is 9.80. The van der Waals surface area contributed by atoms with Crippen molar-refractivity contribution in [1.82, 2.24) is 0 Å². The molecule has 0 bridgehead atoms. The van der Waals surface area contributed by atoms with E-state index >= 15 is 0 Å². The van der Waals surface area contributed by atoms with E-state index in [2.05, 4.69) is 0 Å². The second-order valence-corrected chi connectivity index (χ2v) is 4.41. The summed E-state index contributed by atoms with van der Waals surface area (Å²) in [6.07, 6.45) is 0. The number of ether oxygens (including phenoxy) is 1. The van der Waals surface area contributed by atoms with Crippen molar-refractivity contribution in [2.75, 3.05) is 0 Å². The van der Waals surface area contributed by atoms with Crippen LogP contribution in [0, 0.1) is 5.82 Å². The zero-order valence-electron chi connectivity index (χ0n) is 9.88. The number of rotatable bonds is 4. The molecule has 6 heteroatoms. The van der Waals surface area contributed by atoms with Crippen LogP contribution < -0.4 is 10.2 Å². The van der Waals surface area contributed by atoms with Gasteiger partial charge < -0.3 is 14.8 Å². The van der Waals surface area contributed by atoms with Crippen molar-refractivity contribution in [3.05, 3.63) is 58.9 Å². The van der Waals surface area contributed by atoms with E-state index in [4.69, 9.17) is 26.4 Å². The predicted molar refractivity (Wildman–Crippen MR) is 72.0 cm³/mol. The van der Waals surface area contributed by atoms with Gasteiger partial charge in [0.05, 0.1) is 0 Å². The van der Waals surface area contributed by atoms with Gasteiger partial charge in [-0.25, -0.2) is 4.39 Å². The zero-order valence-corrected chi connectivity index (χ0v) is 10.6. The van der Waals surface area contributed by atoms with Crippen LogP contribution in [-0.4, -0.2) is 17.2 Å². The minimum atomic E-state index is -1.68. The Morgan fingerprint density at radius 3 is 2.58 bits per heavy atom. The molecule has 2 N–H and O–H groups in total. The maximum Gasteiger partial charge on any atom is 0.488 e. The minimum Gasteiger partial charge on any atom is -0.489 e. The number of halogens is 2. The molecule has 2 aromatic carbocycles. The smallest absolute Gasteiger partial charge is 0.488 e. The van der Waals surface area contributed by atoms with Crippen LogP contribution in [0.3, 0.4) is 0 Å². The molecular weight excluding hydrogens is 269 g/mol. The van der Waals surface area contributed by atoms with Gasteiger partial charge in [0.1, 0.15) is 18.2 Å². The van der Waals surface area contributed by atoms with Crippen LogP contribution in [0.25, 0.3) is 0 Å². The van der Waals surface area contributed by atoms with E-state index in [-0.39, 0.29) is 12.1 Å². The molecule has 3 nitrogen and oxygen atoms in total. The molecule has 0 saturated carbocycles. The molecule has 0 aliphatic heterocycles. The molecule has 0 amide bonds. The third-order valence-electron chi connectivity index (χ3n) is 2.57. The minimum absolute atomic E-state index is 0.0357. The first-order valence-electron chi connectivity index (χ1n) is 5.59. The van der Waals surface area contributed by atoms with E-state index in [1.54, 1.807) is 24.3 Å². The quantitative estimate of drug-likeness (QED) is 0.839. The lowest BCUT2D eigenvalue weighted by molar-refractivity contribution is 0.300. The molecular formula is C13H11BClFO3. The third-order valence-corrected chi connectivity index (χ3v) is 2.80. The number of hydrogen-bond donors (Lipinski definition) is 2. The summed E-state index contributed by atoms with van der Waals surface area (Å²) in [5.74, 6) is -0.00852. The van der Waals surface area contributed by atoms with Crippen molar-refractivity contribution >= 4 is 24.2 Å². The van der Waals surface area contributed by atoms with Gasteiger partial charge in [-0.2, -0.15) is 0 Å². The van der Waals surface area contributed by atoms with Gasteiger partial charge in [-0.3, -0.25) is 0 Å². The summed E-state index contributed by atoms with van der Waals surface area (Å²) in [6, 6.07) is 10.8. The van der Waals surface area contributed by atoms with Crippen molar-refractivity contribution in [2.45, 2.75) is 6.61 Å². The Morgan fingerprint density at radius 2 is 1.95 bits per heavy atom. The molecule has 2 aromatic rings. The Kier molecular flexibility index (Phi) is 4.42. The fraction of sp³-hybridized carbons (Fsp3) is 0.0769. The van der Waals surface area contributed by atoms with Crippen molar-refractivity contribution < 1.29 is 19.2 Å². The maximum absolute atomic E-state index is 13.7. The molecule has 0 spiro atoms. The third kappa shape index (κ3) is 3.70. The highest BCUT2D eigenvalue weighted by Crippen LogP contribution is 2.18. The molecule has 2 rings (SSSR count). The van der Waals surface area contributed by atoms with E-state index in [1.807, 2.05) is 0 Å². The maximum atomic E-state index is 13.7. The van der Waals surface area contributed by atoms with Crippen molar-refractivity contribution in [3.63, 3.8) is 0 Å². The summed E-state index contributed by atoms with van der Waals surface area (Å²) < 4.78 is 19.1. The Morgan fingerprint density at radius 1 is 1.16 bits per heavy atom. The van der Waals surface area contributed by atoms with Gasteiger partial charge in [0.15, 0.2) is 0 Å². The number of hydrogen-bond acceptors (Lipinski definition) is 3. The van der Waals surface area contributed by atoms with Gasteiger partial charge >= 0.3 is 7.12 Å². The number of benzene rings is 2. The second-order valence-electron chi connectivity index (χ2n) is 3.97. The van der Waals surface area contributed by atoms with E-state index in [0.29, 0.717) is 16.3 Å². The monoisotopic (exact) mass is 280 g/mol. The van der Waals surface area contributed by atoms with E-state index in [9.17, 15) is 4.39 Å². The van der Waals surface area contributed by atoms with Gasteiger partial charge in [0.2, 0.25) is 0 Å². The van der Waals surface area contributed by atoms with Crippen molar-refractivity contribution in [3.8, 4) is 5.75 Å². The highest BCUT2D eigenvalue weighted by Gasteiger charge is 2.13. The van der Waals surface area contributed by atoms with Gasteiger partial charge in [0.25, 0.3) is 0 Å². The fourth-order valence-electron chi connectivity index (χ4n) is 1.56. The lowest BCUT2D eigenvalue weighted by Crippen LogP contribution is -2.30. The first-order valence-corrected chi connectivity index (χ1v) is 5.97. The van der Waals surface area contributed by atoms with Crippen molar-refractivity contribution in [2.24, 2.45) is 0 Å². The fourth-order valence-corrected chi connectivity index (χ4v) is 1.74. The molecule has 0 aliphatic carbocycles. The van der Waals surface area contributed by atoms with Crippen LogP contribution in [0.4, 0.5) is 4.39 Å². The molecule has 0 fully saturated rings. The summed E-state index contributed by atoms with van der Waals surface area (Å²) in [6.45, 7) is 0.0357. The summed E-state index contributed by atoms with van der Waals surface area (Å²) in [5.41, 5.74) is 0.424.